The number of hydrogen-bond donors (Lipinski definition) is 1. The van der Waals surface area contributed by atoms with Gasteiger partial charge in [0.15, 0.2) is 0 Å². The SMILES string of the molecule is Cc1ccc(CN(C(=O)CSCc2cccc(C)c2)[C@H](Cc2ccccc2)C(=O)NCC(C)C)cc1. The molecule has 190 valence electrons. The van der Waals surface area contributed by atoms with E-state index in [9.17, 15) is 9.59 Å². The highest BCUT2D eigenvalue weighted by atomic mass is 32.2. The van der Waals surface area contributed by atoms with Crippen LogP contribution in [0.25, 0.3) is 0 Å². The maximum Gasteiger partial charge on any atom is 0.243 e. The van der Waals surface area contributed by atoms with Gasteiger partial charge in [0.25, 0.3) is 0 Å². The Balaban J connectivity index is 1.83. The number of carbonyl (C=O) groups excluding carboxylic acids is 2. The lowest BCUT2D eigenvalue weighted by Gasteiger charge is -2.32. The summed E-state index contributed by atoms with van der Waals surface area (Å²) in [4.78, 5) is 28.9. The number of thioether (sulfide) groups is 1. The second kappa shape index (κ2) is 13.9. The average Bonchev–Trinajstić information content (AvgIpc) is 2.86. The monoisotopic (exact) mass is 502 g/mol. The minimum Gasteiger partial charge on any atom is -0.354 e. The molecule has 0 saturated heterocycles. The highest BCUT2D eigenvalue weighted by Crippen LogP contribution is 2.19. The molecule has 0 bridgehead atoms. The van der Waals surface area contributed by atoms with Gasteiger partial charge in [0, 0.05) is 25.3 Å². The Morgan fingerprint density at radius 1 is 0.833 bits per heavy atom. The summed E-state index contributed by atoms with van der Waals surface area (Å²) < 4.78 is 0. The third kappa shape index (κ3) is 8.87. The molecule has 0 unspecified atom stereocenters. The largest absolute Gasteiger partial charge is 0.354 e. The van der Waals surface area contributed by atoms with E-state index >= 15 is 0 Å². The lowest BCUT2D eigenvalue weighted by Crippen LogP contribution is -2.51. The standard InChI is InChI=1S/C31H38N2O2S/c1-23(2)19-32-31(35)29(18-26-10-6-5-7-11-26)33(20-27-15-13-24(3)14-16-27)30(34)22-36-21-28-12-8-9-25(4)17-28/h5-17,23,29H,18-22H2,1-4H3,(H,32,35)/t29-/m1/s1. The van der Waals surface area contributed by atoms with E-state index in [0.717, 1.165) is 16.9 Å². The van der Waals surface area contributed by atoms with Crippen molar-refractivity contribution in [2.75, 3.05) is 12.3 Å². The number of hydrogen-bond acceptors (Lipinski definition) is 3. The zero-order chi connectivity index (χ0) is 25.9. The molecular formula is C31H38N2O2S. The average molecular weight is 503 g/mol. The van der Waals surface area contributed by atoms with Crippen LogP contribution in [-0.2, 0) is 28.3 Å². The van der Waals surface area contributed by atoms with E-state index in [4.69, 9.17) is 0 Å². The number of nitrogens with one attached hydrogen (secondary N) is 1. The van der Waals surface area contributed by atoms with Gasteiger partial charge in [0.2, 0.25) is 11.8 Å². The number of rotatable bonds is 12. The number of benzene rings is 3. The topological polar surface area (TPSA) is 49.4 Å². The van der Waals surface area contributed by atoms with Crippen LogP contribution in [0.3, 0.4) is 0 Å². The van der Waals surface area contributed by atoms with E-state index in [1.165, 1.54) is 16.7 Å². The fourth-order valence-electron chi connectivity index (χ4n) is 4.01. The van der Waals surface area contributed by atoms with Crippen molar-refractivity contribution in [2.45, 2.75) is 52.5 Å². The predicted molar refractivity (Wildman–Crippen MR) is 151 cm³/mol. The van der Waals surface area contributed by atoms with Gasteiger partial charge in [-0.25, -0.2) is 0 Å². The number of nitrogens with zero attached hydrogens (tertiary/aromatic N) is 1. The molecule has 4 nitrogen and oxygen atoms in total. The summed E-state index contributed by atoms with van der Waals surface area (Å²) in [5.74, 6) is 1.29. The van der Waals surface area contributed by atoms with E-state index in [1.54, 1.807) is 16.7 Å². The number of aryl methyl sites for hydroxylation is 2. The normalized spacial score (nSPS) is 11.8. The molecule has 0 fully saturated rings. The predicted octanol–water partition coefficient (Wildman–Crippen LogP) is 5.95. The first-order chi connectivity index (χ1) is 17.3. The second-order valence-corrected chi connectivity index (χ2v) is 10.8. The van der Waals surface area contributed by atoms with Crippen LogP contribution < -0.4 is 5.32 Å². The summed E-state index contributed by atoms with van der Waals surface area (Å²) >= 11 is 1.60. The molecule has 3 aromatic carbocycles. The molecular weight excluding hydrogens is 464 g/mol. The van der Waals surface area contributed by atoms with Crippen molar-refractivity contribution in [3.05, 3.63) is 107 Å². The Kier molecular flexibility index (Phi) is 10.6. The number of carbonyl (C=O) groups is 2. The summed E-state index contributed by atoms with van der Waals surface area (Å²) in [6.07, 6.45) is 0.477. The van der Waals surface area contributed by atoms with Crippen molar-refractivity contribution in [3.63, 3.8) is 0 Å². The van der Waals surface area contributed by atoms with E-state index in [2.05, 4.69) is 56.4 Å². The Bertz CT molecular complexity index is 1110. The molecule has 0 heterocycles. The summed E-state index contributed by atoms with van der Waals surface area (Å²) in [6, 6.07) is 25.9. The zero-order valence-corrected chi connectivity index (χ0v) is 22.7. The van der Waals surface area contributed by atoms with Gasteiger partial charge < -0.3 is 10.2 Å². The van der Waals surface area contributed by atoms with Crippen molar-refractivity contribution in [3.8, 4) is 0 Å². The van der Waals surface area contributed by atoms with Crippen molar-refractivity contribution in [2.24, 2.45) is 5.92 Å². The lowest BCUT2D eigenvalue weighted by atomic mass is 10.0. The Morgan fingerprint density at radius 3 is 2.19 bits per heavy atom. The van der Waals surface area contributed by atoms with Crippen molar-refractivity contribution in [1.82, 2.24) is 10.2 Å². The minimum absolute atomic E-state index is 0.0196. The molecule has 1 N–H and O–H groups in total. The van der Waals surface area contributed by atoms with Gasteiger partial charge >= 0.3 is 0 Å². The highest BCUT2D eigenvalue weighted by molar-refractivity contribution is 7.99. The first kappa shape index (κ1) is 27.5. The molecule has 2 amide bonds. The van der Waals surface area contributed by atoms with Crippen molar-refractivity contribution in [1.29, 1.82) is 0 Å². The van der Waals surface area contributed by atoms with E-state index in [-0.39, 0.29) is 11.8 Å². The Hall–Kier alpha value is -3.05. The van der Waals surface area contributed by atoms with Gasteiger partial charge in [-0.15, -0.1) is 11.8 Å². The first-order valence-corrected chi connectivity index (χ1v) is 13.8. The molecule has 0 aromatic heterocycles. The van der Waals surface area contributed by atoms with Gasteiger partial charge in [-0.3, -0.25) is 9.59 Å². The molecule has 3 rings (SSSR count). The summed E-state index contributed by atoms with van der Waals surface area (Å²) in [5.41, 5.74) is 5.64. The third-order valence-electron chi connectivity index (χ3n) is 6.01. The lowest BCUT2D eigenvalue weighted by molar-refractivity contribution is -0.139. The van der Waals surface area contributed by atoms with E-state index in [0.29, 0.717) is 31.2 Å². The molecule has 1 atom stereocenters. The van der Waals surface area contributed by atoms with Crippen LogP contribution in [0, 0.1) is 19.8 Å². The summed E-state index contributed by atoms with van der Waals surface area (Å²) in [5, 5.41) is 3.08. The van der Waals surface area contributed by atoms with Crippen LogP contribution >= 0.6 is 11.8 Å². The fraction of sp³-hybridized carbons (Fsp3) is 0.355. The zero-order valence-electron chi connectivity index (χ0n) is 21.9. The van der Waals surface area contributed by atoms with E-state index < -0.39 is 6.04 Å². The fourth-order valence-corrected chi connectivity index (χ4v) is 4.87. The van der Waals surface area contributed by atoms with Gasteiger partial charge in [-0.2, -0.15) is 0 Å². The molecule has 5 heteroatoms. The van der Waals surface area contributed by atoms with E-state index in [1.807, 2.05) is 55.5 Å². The van der Waals surface area contributed by atoms with Gasteiger partial charge in [0.05, 0.1) is 5.75 Å². The highest BCUT2D eigenvalue weighted by Gasteiger charge is 2.30. The van der Waals surface area contributed by atoms with Crippen LogP contribution in [0.4, 0.5) is 0 Å². The molecule has 0 aliphatic carbocycles. The van der Waals surface area contributed by atoms with Crippen LogP contribution in [0.15, 0.2) is 78.9 Å². The summed E-state index contributed by atoms with van der Waals surface area (Å²) in [7, 11) is 0. The van der Waals surface area contributed by atoms with Crippen molar-refractivity contribution >= 4 is 23.6 Å². The molecule has 0 spiro atoms. The maximum atomic E-state index is 13.7. The molecule has 3 aromatic rings. The molecule has 36 heavy (non-hydrogen) atoms. The molecule has 0 aliphatic rings. The van der Waals surface area contributed by atoms with Gasteiger partial charge in [0.1, 0.15) is 6.04 Å². The second-order valence-electron chi connectivity index (χ2n) is 9.83. The maximum absolute atomic E-state index is 13.7. The van der Waals surface area contributed by atoms with Crippen LogP contribution in [0.5, 0.6) is 0 Å². The first-order valence-electron chi connectivity index (χ1n) is 12.6. The van der Waals surface area contributed by atoms with Crippen LogP contribution in [0.1, 0.15) is 41.7 Å². The summed E-state index contributed by atoms with van der Waals surface area (Å²) in [6.45, 7) is 9.25. The Labute approximate surface area is 220 Å². The number of amides is 2. The van der Waals surface area contributed by atoms with Crippen molar-refractivity contribution < 1.29 is 9.59 Å². The molecule has 0 saturated carbocycles. The van der Waals surface area contributed by atoms with Crippen LogP contribution in [-0.4, -0.2) is 35.1 Å². The van der Waals surface area contributed by atoms with Crippen LogP contribution in [0.2, 0.25) is 0 Å². The third-order valence-corrected chi connectivity index (χ3v) is 6.99. The molecule has 0 aliphatic heterocycles. The van der Waals surface area contributed by atoms with Gasteiger partial charge in [-0.05, 0) is 36.5 Å². The van der Waals surface area contributed by atoms with Gasteiger partial charge in [-0.1, -0.05) is 104 Å². The smallest absolute Gasteiger partial charge is 0.243 e. The minimum atomic E-state index is -0.584. The quantitative estimate of drug-likeness (QED) is 0.333. The Morgan fingerprint density at radius 2 is 1.53 bits per heavy atom. The molecule has 0 radical (unpaired) electrons.